The third-order valence-corrected chi connectivity index (χ3v) is 7.73. The van der Waals surface area contributed by atoms with E-state index in [1.165, 1.54) is 0 Å². The zero-order valence-corrected chi connectivity index (χ0v) is 19.3. The Kier molecular flexibility index (Phi) is 6.23. The first-order valence-electron chi connectivity index (χ1n) is 11.0. The number of benzene rings is 5. The van der Waals surface area contributed by atoms with Gasteiger partial charge >= 0.3 is 0 Å². The zero-order valence-electron chi connectivity index (χ0n) is 18.5. The summed E-state index contributed by atoms with van der Waals surface area (Å²) in [6, 6.07) is 44.0. The van der Waals surface area contributed by atoms with Crippen molar-refractivity contribution in [2.75, 3.05) is 4.90 Å². The molecule has 0 aliphatic heterocycles. The molecular weight excluding hydrogens is 438 g/mol. The van der Waals surface area contributed by atoms with Crippen LogP contribution in [0.15, 0.2) is 148 Å². The van der Waals surface area contributed by atoms with Crippen molar-refractivity contribution in [3.05, 3.63) is 133 Å². The Hall–Kier alpha value is -4.15. The second kappa shape index (κ2) is 9.77. The van der Waals surface area contributed by atoms with E-state index >= 15 is 0 Å². The largest absolute Gasteiger partial charge is 0.508 e. The van der Waals surface area contributed by atoms with Crippen molar-refractivity contribution in [2.24, 2.45) is 0 Å². The first-order chi connectivity index (χ1) is 16.7. The fraction of sp³-hybridized carbons (Fsp3) is 0. The van der Waals surface area contributed by atoms with Gasteiger partial charge in [-0.3, -0.25) is 0 Å². The maximum Gasteiger partial charge on any atom is 0.166 e. The summed E-state index contributed by atoms with van der Waals surface area (Å²) < 4.78 is 0. The number of phenols is 2. The van der Waals surface area contributed by atoms with Gasteiger partial charge in [0.1, 0.15) is 11.5 Å². The van der Waals surface area contributed by atoms with E-state index in [1.54, 1.807) is 24.3 Å². The highest BCUT2D eigenvalue weighted by Crippen LogP contribution is 2.37. The van der Waals surface area contributed by atoms with Crippen molar-refractivity contribution < 1.29 is 10.2 Å². The summed E-state index contributed by atoms with van der Waals surface area (Å²) in [6.45, 7) is 0. The van der Waals surface area contributed by atoms with Crippen LogP contribution in [-0.4, -0.2) is 10.2 Å². The Morgan fingerprint density at radius 2 is 0.706 bits per heavy atom. The lowest BCUT2D eigenvalue weighted by Crippen LogP contribution is -2.10. The third kappa shape index (κ3) is 4.63. The molecule has 5 rings (SSSR count). The topological polar surface area (TPSA) is 43.7 Å². The van der Waals surface area contributed by atoms with Crippen LogP contribution >= 0.6 is 0 Å². The fourth-order valence-corrected chi connectivity index (χ4v) is 5.95. The second-order valence-electron chi connectivity index (χ2n) is 7.79. The molecule has 0 bridgehead atoms. The van der Waals surface area contributed by atoms with Gasteiger partial charge in [0.2, 0.25) is 0 Å². The van der Waals surface area contributed by atoms with Gasteiger partial charge in [0.05, 0.1) is 10.9 Å². The van der Waals surface area contributed by atoms with Crippen molar-refractivity contribution in [3.8, 4) is 11.5 Å². The number of phenolic OH excluding ortho intramolecular Hbond substituents is 2. The summed E-state index contributed by atoms with van der Waals surface area (Å²) in [4.78, 5) is 5.59. The van der Waals surface area contributed by atoms with E-state index in [9.17, 15) is 10.2 Å². The van der Waals surface area contributed by atoms with Crippen LogP contribution in [0.1, 0.15) is 0 Å². The molecule has 4 heteroatoms. The van der Waals surface area contributed by atoms with Crippen LogP contribution in [0.2, 0.25) is 0 Å². The molecule has 0 aliphatic rings. The molecule has 0 aromatic heterocycles. The number of nitrogens with zero attached hydrogens (tertiary/aromatic N) is 1. The minimum atomic E-state index is -0.382. The van der Waals surface area contributed by atoms with Crippen molar-refractivity contribution >= 4 is 28.0 Å². The molecule has 0 saturated carbocycles. The Morgan fingerprint density at radius 3 is 1.09 bits per heavy atom. The van der Waals surface area contributed by atoms with Crippen LogP contribution in [-0.2, 0) is 10.9 Å². The Bertz CT molecular complexity index is 1250. The number of para-hydroxylation sites is 2. The summed E-state index contributed by atoms with van der Waals surface area (Å²) in [5.41, 5.74) is 3.26. The van der Waals surface area contributed by atoms with E-state index in [1.807, 2.05) is 60.7 Å². The molecule has 0 aliphatic carbocycles. The maximum absolute atomic E-state index is 9.79. The lowest BCUT2D eigenvalue weighted by Gasteiger charge is -2.25. The summed E-state index contributed by atoms with van der Waals surface area (Å²) in [7, 11) is -0.382. The van der Waals surface area contributed by atoms with Gasteiger partial charge in [-0.25, -0.2) is 0 Å². The van der Waals surface area contributed by atoms with E-state index in [2.05, 4.69) is 53.4 Å². The second-order valence-corrected chi connectivity index (χ2v) is 9.82. The quantitative estimate of drug-likeness (QED) is 0.255. The van der Waals surface area contributed by atoms with Crippen molar-refractivity contribution in [3.63, 3.8) is 0 Å². The Labute approximate surface area is 202 Å². The van der Waals surface area contributed by atoms with Crippen LogP contribution in [0.5, 0.6) is 11.5 Å². The van der Waals surface area contributed by atoms with Gasteiger partial charge in [-0.15, -0.1) is 0 Å². The van der Waals surface area contributed by atoms with Gasteiger partial charge in [-0.2, -0.15) is 0 Å². The molecule has 5 aromatic rings. The van der Waals surface area contributed by atoms with Crippen molar-refractivity contribution in [1.29, 1.82) is 0 Å². The molecule has 3 nitrogen and oxygen atoms in total. The minimum absolute atomic E-state index is 0.245. The normalized spacial score (nSPS) is 10.9. The van der Waals surface area contributed by atoms with Gasteiger partial charge in [0.25, 0.3) is 0 Å². The van der Waals surface area contributed by atoms with Gasteiger partial charge in [0, 0.05) is 17.1 Å². The zero-order chi connectivity index (χ0) is 23.3. The first kappa shape index (κ1) is 21.7. The molecule has 34 heavy (non-hydrogen) atoms. The number of hydrogen-bond donors (Lipinski definition) is 2. The smallest absolute Gasteiger partial charge is 0.166 e. The molecule has 0 heterocycles. The average Bonchev–Trinajstić information content (AvgIpc) is 2.89. The number of hydrogen-bond acceptors (Lipinski definition) is 3. The molecule has 0 spiro atoms. The molecule has 0 radical (unpaired) electrons. The standard InChI is InChI=1S/C30H23NO2S/c32-26-13-19-29(20-14-26)34(30-21-15-27(33)16-22-30)28-17-11-25(12-18-28)31(23-7-3-1-4-8-23)24-9-5-2-6-10-24/h1-22H,(H-,32,33)/p+1. The van der Waals surface area contributed by atoms with Gasteiger partial charge in [-0.05, 0) is 97.1 Å². The number of aromatic hydroxyl groups is 2. The number of anilines is 3. The fourth-order valence-electron chi connectivity index (χ4n) is 3.91. The maximum atomic E-state index is 9.79. The highest BCUT2D eigenvalue weighted by molar-refractivity contribution is 7.97. The molecule has 0 fully saturated rings. The van der Waals surface area contributed by atoms with E-state index in [4.69, 9.17) is 0 Å². The molecule has 0 unspecified atom stereocenters. The lowest BCUT2D eigenvalue weighted by atomic mass is 10.2. The van der Waals surface area contributed by atoms with Crippen LogP contribution in [0.25, 0.3) is 0 Å². The first-order valence-corrected chi connectivity index (χ1v) is 12.2. The van der Waals surface area contributed by atoms with Gasteiger partial charge < -0.3 is 15.1 Å². The number of rotatable bonds is 6. The molecule has 166 valence electrons. The van der Waals surface area contributed by atoms with E-state index < -0.39 is 0 Å². The highest BCUT2D eigenvalue weighted by Gasteiger charge is 2.29. The van der Waals surface area contributed by atoms with E-state index in [0.29, 0.717) is 0 Å². The van der Waals surface area contributed by atoms with Crippen LogP contribution < -0.4 is 4.90 Å². The van der Waals surface area contributed by atoms with Crippen LogP contribution in [0.3, 0.4) is 0 Å². The molecule has 0 saturated heterocycles. The monoisotopic (exact) mass is 462 g/mol. The van der Waals surface area contributed by atoms with Crippen LogP contribution in [0, 0.1) is 0 Å². The molecule has 0 atom stereocenters. The molecular formula is C30H24NO2S+. The lowest BCUT2D eigenvalue weighted by molar-refractivity contribution is 0.474. The Balaban J connectivity index is 1.57. The molecule has 5 aromatic carbocycles. The van der Waals surface area contributed by atoms with Gasteiger partial charge in [0.15, 0.2) is 14.7 Å². The Morgan fingerprint density at radius 1 is 0.382 bits per heavy atom. The predicted molar refractivity (Wildman–Crippen MR) is 140 cm³/mol. The van der Waals surface area contributed by atoms with Gasteiger partial charge in [-0.1, -0.05) is 36.4 Å². The summed E-state index contributed by atoms with van der Waals surface area (Å²) in [6.07, 6.45) is 0. The summed E-state index contributed by atoms with van der Waals surface area (Å²) in [5, 5.41) is 19.6. The van der Waals surface area contributed by atoms with Crippen molar-refractivity contribution in [2.45, 2.75) is 14.7 Å². The summed E-state index contributed by atoms with van der Waals surface area (Å²) >= 11 is 0. The minimum Gasteiger partial charge on any atom is -0.508 e. The third-order valence-electron chi connectivity index (χ3n) is 5.50. The van der Waals surface area contributed by atoms with E-state index in [-0.39, 0.29) is 22.4 Å². The highest BCUT2D eigenvalue weighted by atomic mass is 32.2. The van der Waals surface area contributed by atoms with Crippen LogP contribution in [0.4, 0.5) is 17.1 Å². The predicted octanol–water partition coefficient (Wildman–Crippen LogP) is 7.66. The van der Waals surface area contributed by atoms with E-state index in [0.717, 1.165) is 31.7 Å². The molecule has 0 amide bonds. The van der Waals surface area contributed by atoms with Crippen molar-refractivity contribution in [1.82, 2.24) is 0 Å². The molecule has 2 N–H and O–H groups in total. The SMILES string of the molecule is Oc1ccc([S+](c2ccc(O)cc2)c2ccc(N(c3ccccc3)c3ccccc3)cc2)cc1. The average molecular weight is 463 g/mol. The summed E-state index contributed by atoms with van der Waals surface area (Å²) in [5.74, 6) is 0.490.